The molecular weight excluding hydrogens is 282 g/mol. The number of amides is 1. The number of rotatable bonds is 2. The van der Waals surface area contributed by atoms with Gasteiger partial charge in [-0.25, -0.2) is 4.98 Å². The van der Waals surface area contributed by atoms with Crippen LogP contribution in [-0.2, 0) is 0 Å². The summed E-state index contributed by atoms with van der Waals surface area (Å²) in [5.41, 5.74) is 7.28. The van der Waals surface area contributed by atoms with Crippen molar-refractivity contribution < 1.29 is 4.79 Å². The molecule has 0 atom stereocenters. The van der Waals surface area contributed by atoms with Crippen LogP contribution in [0.3, 0.4) is 0 Å². The number of carbonyl (C=O) groups excluding carboxylic acids is 1. The third kappa shape index (κ3) is 1.90. The Hall–Kier alpha value is -2.66. The van der Waals surface area contributed by atoms with Gasteiger partial charge in [-0.15, -0.1) is 11.3 Å². The molecule has 0 bridgehead atoms. The lowest BCUT2D eigenvalue weighted by molar-refractivity contribution is 0.100. The molecule has 1 amide bonds. The molecule has 0 radical (unpaired) electrons. The fourth-order valence-electron chi connectivity index (χ4n) is 2.43. The van der Waals surface area contributed by atoms with Crippen LogP contribution in [0.15, 0.2) is 54.9 Å². The van der Waals surface area contributed by atoms with Crippen LogP contribution in [0.25, 0.3) is 26.3 Å². The highest BCUT2D eigenvalue weighted by Gasteiger charge is 2.12. The van der Waals surface area contributed by atoms with E-state index in [-0.39, 0.29) is 0 Å². The third-order valence-electron chi connectivity index (χ3n) is 3.43. The van der Waals surface area contributed by atoms with Crippen molar-refractivity contribution in [1.82, 2.24) is 9.38 Å². The van der Waals surface area contributed by atoms with E-state index in [4.69, 9.17) is 5.73 Å². The summed E-state index contributed by atoms with van der Waals surface area (Å²) in [5.74, 6) is -0.464. The molecule has 0 aliphatic rings. The van der Waals surface area contributed by atoms with Crippen molar-refractivity contribution in [2.45, 2.75) is 0 Å². The summed E-state index contributed by atoms with van der Waals surface area (Å²) in [7, 11) is 0. The van der Waals surface area contributed by atoms with Crippen LogP contribution in [0, 0.1) is 0 Å². The van der Waals surface area contributed by atoms with Crippen LogP contribution in [0.4, 0.5) is 0 Å². The molecule has 0 fully saturated rings. The average Bonchev–Trinajstić information content (AvgIpc) is 3.09. The lowest BCUT2D eigenvalue weighted by Gasteiger charge is -1.97. The van der Waals surface area contributed by atoms with Gasteiger partial charge in [0.15, 0.2) is 0 Å². The van der Waals surface area contributed by atoms with Gasteiger partial charge in [0.1, 0.15) is 5.65 Å². The second-order valence-electron chi connectivity index (χ2n) is 4.79. The fraction of sp³-hybridized carbons (Fsp3) is 0. The second kappa shape index (κ2) is 4.43. The second-order valence-corrected chi connectivity index (χ2v) is 5.88. The van der Waals surface area contributed by atoms with Crippen LogP contribution in [-0.4, -0.2) is 15.3 Å². The Balaban J connectivity index is 1.94. The molecule has 0 spiro atoms. The molecule has 1 aromatic carbocycles. The van der Waals surface area contributed by atoms with E-state index in [1.54, 1.807) is 23.5 Å². The normalized spacial score (nSPS) is 11.2. The summed E-state index contributed by atoms with van der Waals surface area (Å²) in [6.07, 6.45) is 3.79. The molecule has 3 aromatic heterocycles. The van der Waals surface area contributed by atoms with Crippen LogP contribution < -0.4 is 5.73 Å². The first-order valence-corrected chi connectivity index (χ1v) is 7.30. The van der Waals surface area contributed by atoms with Gasteiger partial charge in [0.25, 0.3) is 5.91 Å². The molecule has 0 unspecified atom stereocenters. The Morgan fingerprint density at radius 1 is 1.19 bits per heavy atom. The molecule has 21 heavy (non-hydrogen) atoms. The number of thiophene rings is 1. The smallest absolute Gasteiger partial charge is 0.252 e. The maximum atomic E-state index is 11.5. The maximum absolute atomic E-state index is 11.5. The van der Waals surface area contributed by atoms with E-state index < -0.39 is 5.91 Å². The average molecular weight is 293 g/mol. The van der Waals surface area contributed by atoms with E-state index in [1.807, 2.05) is 28.9 Å². The summed E-state index contributed by atoms with van der Waals surface area (Å²) in [6, 6.07) is 13.8. The molecule has 2 N–H and O–H groups in total. The molecule has 4 rings (SSSR count). The molecular formula is C16H11N3OS. The molecule has 3 heterocycles. The minimum Gasteiger partial charge on any atom is -0.365 e. The van der Waals surface area contributed by atoms with Crippen molar-refractivity contribution in [2.75, 3.05) is 0 Å². The summed E-state index contributed by atoms with van der Waals surface area (Å²) < 4.78 is 3.06. The highest BCUT2D eigenvalue weighted by Crippen LogP contribution is 2.33. The first-order valence-electron chi connectivity index (χ1n) is 6.49. The van der Waals surface area contributed by atoms with Crippen molar-refractivity contribution >= 4 is 33.0 Å². The van der Waals surface area contributed by atoms with E-state index in [0.717, 1.165) is 10.6 Å². The number of fused-ring (bicyclic) bond motifs is 2. The van der Waals surface area contributed by atoms with Crippen molar-refractivity contribution in [2.24, 2.45) is 5.73 Å². The molecule has 4 nitrogen and oxygen atoms in total. The highest BCUT2D eigenvalue weighted by atomic mass is 32.1. The number of aromatic nitrogens is 2. The monoisotopic (exact) mass is 293 g/mol. The quantitative estimate of drug-likeness (QED) is 0.616. The highest BCUT2D eigenvalue weighted by molar-refractivity contribution is 7.22. The largest absolute Gasteiger partial charge is 0.365 e. The number of imidazole rings is 1. The van der Waals surface area contributed by atoms with E-state index in [1.165, 1.54) is 10.1 Å². The fourth-order valence-corrected chi connectivity index (χ4v) is 3.45. The first-order chi connectivity index (χ1) is 10.2. The minimum absolute atomic E-state index is 0.435. The number of carbonyl (C=O) groups is 1. The van der Waals surface area contributed by atoms with E-state index >= 15 is 0 Å². The molecule has 0 aliphatic carbocycles. The van der Waals surface area contributed by atoms with Crippen LogP contribution >= 0.6 is 11.3 Å². The Morgan fingerprint density at radius 3 is 2.86 bits per heavy atom. The molecule has 0 saturated carbocycles. The summed E-state index contributed by atoms with van der Waals surface area (Å²) in [5, 5.41) is 1.20. The van der Waals surface area contributed by atoms with E-state index in [0.29, 0.717) is 11.2 Å². The zero-order valence-corrected chi connectivity index (χ0v) is 11.8. The Morgan fingerprint density at radius 2 is 2.05 bits per heavy atom. The van der Waals surface area contributed by atoms with Gasteiger partial charge < -0.3 is 10.1 Å². The lowest BCUT2D eigenvalue weighted by Crippen LogP contribution is -2.12. The first kappa shape index (κ1) is 12.1. The van der Waals surface area contributed by atoms with Gasteiger partial charge in [-0.05, 0) is 29.7 Å². The number of pyridine rings is 1. The summed E-state index contributed by atoms with van der Waals surface area (Å²) in [4.78, 5) is 17.1. The zero-order chi connectivity index (χ0) is 14.4. The van der Waals surface area contributed by atoms with Crippen molar-refractivity contribution in [1.29, 1.82) is 0 Å². The van der Waals surface area contributed by atoms with Crippen molar-refractivity contribution in [3.05, 3.63) is 60.4 Å². The van der Waals surface area contributed by atoms with Gasteiger partial charge in [-0.1, -0.05) is 18.2 Å². The number of hydrogen-bond donors (Lipinski definition) is 1. The predicted molar refractivity (Wildman–Crippen MR) is 84.5 cm³/mol. The number of nitrogens with two attached hydrogens (primary N) is 1. The molecule has 0 aliphatic heterocycles. The topological polar surface area (TPSA) is 60.4 Å². The van der Waals surface area contributed by atoms with Gasteiger partial charge >= 0.3 is 0 Å². The van der Waals surface area contributed by atoms with Gasteiger partial charge in [0.05, 0.1) is 16.1 Å². The van der Waals surface area contributed by atoms with Gasteiger partial charge in [-0.3, -0.25) is 4.79 Å². The number of nitrogens with zero attached hydrogens (tertiary/aromatic N) is 2. The minimum atomic E-state index is -0.464. The van der Waals surface area contributed by atoms with Crippen LogP contribution in [0.2, 0.25) is 0 Å². The lowest BCUT2D eigenvalue weighted by atomic mass is 10.2. The Bertz CT molecular complexity index is 950. The molecule has 102 valence electrons. The van der Waals surface area contributed by atoms with Crippen molar-refractivity contribution in [3.8, 4) is 10.6 Å². The number of benzene rings is 1. The van der Waals surface area contributed by atoms with Gasteiger partial charge in [0, 0.05) is 17.1 Å². The van der Waals surface area contributed by atoms with Gasteiger partial charge in [0.2, 0.25) is 0 Å². The van der Waals surface area contributed by atoms with Crippen LogP contribution in [0.5, 0.6) is 0 Å². The SMILES string of the molecule is NC(=O)c1cccn2cc(-c3cc4ccccc4s3)nc12. The summed E-state index contributed by atoms with van der Waals surface area (Å²) in [6.45, 7) is 0. The number of hydrogen-bond acceptors (Lipinski definition) is 3. The Kier molecular flexibility index (Phi) is 2.55. The third-order valence-corrected chi connectivity index (χ3v) is 4.56. The molecule has 5 heteroatoms. The van der Waals surface area contributed by atoms with E-state index in [9.17, 15) is 4.79 Å². The molecule has 0 saturated heterocycles. The van der Waals surface area contributed by atoms with Crippen molar-refractivity contribution in [3.63, 3.8) is 0 Å². The number of primary amides is 1. The standard InChI is InChI=1S/C16H11N3OS/c17-15(20)11-5-3-7-19-9-12(18-16(11)19)14-8-10-4-1-2-6-13(10)21-14/h1-9H,(H2,17,20). The summed E-state index contributed by atoms with van der Waals surface area (Å²) >= 11 is 1.69. The Labute approximate surface area is 124 Å². The maximum Gasteiger partial charge on any atom is 0.252 e. The molecule has 4 aromatic rings. The zero-order valence-electron chi connectivity index (χ0n) is 11.0. The predicted octanol–water partition coefficient (Wildman–Crippen LogP) is 3.31. The van der Waals surface area contributed by atoms with E-state index in [2.05, 4.69) is 23.2 Å². The van der Waals surface area contributed by atoms with Gasteiger partial charge in [-0.2, -0.15) is 0 Å². The van der Waals surface area contributed by atoms with Crippen LogP contribution in [0.1, 0.15) is 10.4 Å².